The lowest BCUT2D eigenvalue weighted by molar-refractivity contribution is -0.143. The highest BCUT2D eigenvalue weighted by Gasteiger charge is 2.42. The van der Waals surface area contributed by atoms with Gasteiger partial charge in [-0.1, -0.05) is 12.1 Å². The Hall–Kier alpha value is -6.12. The van der Waals surface area contributed by atoms with Crippen LogP contribution in [-0.2, 0) is 25.6 Å². The van der Waals surface area contributed by atoms with Crippen molar-refractivity contribution < 1.29 is 52.8 Å². The first-order chi connectivity index (χ1) is 32.0. The van der Waals surface area contributed by atoms with Crippen molar-refractivity contribution in [2.75, 3.05) is 110 Å². The average Bonchev–Trinajstić information content (AvgIpc) is 3.35. The number of hydrogen-bond acceptors (Lipinski definition) is 13. The summed E-state index contributed by atoms with van der Waals surface area (Å²) in [6.45, 7) is 3.61. The molecule has 3 aromatic rings. The number of benzene rings is 2. The van der Waals surface area contributed by atoms with Crippen LogP contribution in [0.5, 0.6) is 5.75 Å². The number of anilines is 1. The number of nitrogens with one attached hydrogen (secondary N) is 2. The van der Waals surface area contributed by atoms with Gasteiger partial charge in [0.05, 0.1) is 56.5 Å². The molecule has 3 saturated heterocycles. The lowest BCUT2D eigenvalue weighted by Crippen LogP contribution is -2.53. The first kappa shape index (κ1) is 50.3. The number of pyridine rings is 1. The van der Waals surface area contributed by atoms with Gasteiger partial charge in [-0.25, -0.2) is 8.78 Å². The number of carbonyl (C=O) groups excluding carboxylic acids is 2. The average molecular weight is 951 g/mol. The van der Waals surface area contributed by atoms with Crippen LogP contribution in [0.15, 0.2) is 54.7 Å². The van der Waals surface area contributed by atoms with Crippen LogP contribution in [0.4, 0.5) is 14.5 Å². The van der Waals surface area contributed by atoms with E-state index in [0.29, 0.717) is 80.6 Å². The molecule has 3 fully saturated rings. The molecule has 0 aliphatic carbocycles. The third-order valence-electron chi connectivity index (χ3n) is 12.1. The summed E-state index contributed by atoms with van der Waals surface area (Å²) in [7, 11) is 0. The standard InChI is InChI=1S/C45H56F2N10O9S/c46-45(47)10-8-33(24-48)57(30-45)39(58)25-50-43(65)36-9-11-49-38-7-6-35(23-37(36)38)66-21-1-12-52-15-18-55(19-16-52)44(67)51-32-4-2-31(3-5-32)22-34-26-54(28-41(61)62)14-13-53(27-40(59)60)17-20-56(34)29-42(63)64/h2-7,9,11,23,33-34H,1,8,10,12-22,25-30H2,(H,50,65)(H,51,67)(H,59,60)(H,61,62)(H,63,64)/t33-,34-/m0/s1. The summed E-state index contributed by atoms with van der Waals surface area (Å²) in [6, 6.07) is 14.9. The summed E-state index contributed by atoms with van der Waals surface area (Å²) in [5.41, 5.74) is 2.46. The van der Waals surface area contributed by atoms with Gasteiger partial charge in [-0.2, -0.15) is 5.26 Å². The minimum atomic E-state index is -3.10. The van der Waals surface area contributed by atoms with Crippen molar-refractivity contribution in [2.24, 2.45) is 0 Å². The highest BCUT2D eigenvalue weighted by atomic mass is 32.1. The van der Waals surface area contributed by atoms with Crippen LogP contribution >= 0.6 is 12.2 Å². The Morgan fingerprint density at radius 3 is 2.24 bits per heavy atom. The van der Waals surface area contributed by atoms with Crippen molar-refractivity contribution in [2.45, 2.75) is 43.7 Å². The number of piperidine rings is 1. The molecule has 3 aliphatic heterocycles. The van der Waals surface area contributed by atoms with Crippen LogP contribution in [0, 0.1) is 11.3 Å². The van der Waals surface area contributed by atoms with Crippen molar-refractivity contribution in [1.29, 1.82) is 5.26 Å². The number of likely N-dealkylation sites (tertiary alicyclic amines) is 1. The van der Waals surface area contributed by atoms with Gasteiger partial charge >= 0.3 is 17.9 Å². The van der Waals surface area contributed by atoms with Crippen LogP contribution in [0.25, 0.3) is 10.9 Å². The topological polar surface area (TPSA) is 235 Å². The SMILES string of the molecule is N#C[C@@H]1CCC(F)(F)CN1C(=O)CNC(=O)c1ccnc2ccc(OCCCN3CCN(C(=S)Nc4ccc(C[C@H]5CN(CC(=O)O)CCN(CC(=O)O)CCN5CC(=O)O)cc4)CC3)cc12. The number of fused-ring (bicyclic) bond motifs is 1. The number of thiocarbonyl (C=S) groups is 1. The van der Waals surface area contributed by atoms with E-state index in [2.05, 4.69) is 25.4 Å². The van der Waals surface area contributed by atoms with Crippen LogP contribution in [0.3, 0.4) is 0 Å². The van der Waals surface area contributed by atoms with Crippen molar-refractivity contribution in [3.63, 3.8) is 0 Å². The summed E-state index contributed by atoms with van der Waals surface area (Å²) >= 11 is 5.76. The van der Waals surface area contributed by atoms with E-state index in [1.54, 1.807) is 32.9 Å². The number of rotatable bonds is 17. The molecule has 2 atom stereocenters. The lowest BCUT2D eigenvalue weighted by atomic mass is 10.00. The van der Waals surface area contributed by atoms with Gasteiger partial charge in [0.25, 0.3) is 11.8 Å². The molecule has 6 rings (SSSR count). The summed E-state index contributed by atoms with van der Waals surface area (Å²) < 4.78 is 34.1. The van der Waals surface area contributed by atoms with Crippen LogP contribution < -0.4 is 15.4 Å². The minimum Gasteiger partial charge on any atom is -0.494 e. The Labute approximate surface area is 391 Å². The predicted octanol–water partition coefficient (Wildman–Crippen LogP) is 1.98. The third kappa shape index (κ3) is 14.9. The van der Waals surface area contributed by atoms with Crippen LogP contribution in [0.1, 0.15) is 35.2 Å². The molecule has 1 aromatic heterocycles. The molecule has 0 spiro atoms. The molecule has 2 aromatic carbocycles. The number of ether oxygens (including phenoxy) is 1. The quantitative estimate of drug-likeness (QED) is 0.0961. The largest absolute Gasteiger partial charge is 0.494 e. The zero-order valence-electron chi connectivity index (χ0n) is 37.0. The fraction of sp³-hybridized carbons (Fsp3) is 0.511. The maximum absolute atomic E-state index is 14.0. The van der Waals surface area contributed by atoms with E-state index in [-0.39, 0.29) is 37.7 Å². The maximum Gasteiger partial charge on any atom is 0.317 e. The molecule has 0 bridgehead atoms. The first-order valence-corrected chi connectivity index (χ1v) is 22.5. The summed E-state index contributed by atoms with van der Waals surface area (Å²) in [6.07, 6.45) is 2.02. The molecule has 3 aliphatic rings. The minimum absolute atomic E-state index is 0.142. The molecule has 0 unspecified atom stereocenters. The monoisotopic (exact) mass is 950 g/mol. The lowest BCUT2D eigenvalue weighted by Gasteiger charge is -2.36. The number of carbonyl (C=O) groups is 5. The highest BCUT2D eigenvalue weighted by molar-refractivity contribution is 7.80. The number of carboxylic acids is 3. The predicted molar refractivity (Wildman–Crippen MR) is 245 cm³/mol. The Morgan fingerprint density at radius 1 is 0.866 bits per heavy atom. The molecule has 4 heterocycles. The molecule has 19 nitrogen and oxygen atoms in total. The number of piperazine rings is 1. The van der Waals surface area contributed by atoms with Crippen molar-refractivity contribution in [3.05, 3.63) is 65.9 Å². The van der Waals surface area contributed by atoms with E-state index < -0.39 is 61.2 Å². The number of nitriles is 1. The van der Waals surface area contributed by atoms with Crippen molar-refractivity contribution in [3.8, 4) is 11.8 Å². The third-order valence-corrected chi connectivity index (χ3v) is 12.4. The van der Waals surface area contributed by atoms with Crippen LogP contribution in [-0.4, -0.2) is 207 Å². The molecule has 360 valence electrons. The fourth-order valence-corrected chi connectivity index (χ4v) is 8.87. The second-order valence-electron chi connectivity index (χ2n) is 17.0. The van der Waals surface area contributed by atoms with E-state index >= 15 is 0 Å². The number of carboxylic acid groups (broad SMARTS) is 3. The van der Waals surface area contributed by atoms with Gasteiger partial charge < -0.3 is 40.5 Å². The number of halogens is 2. The van der Waals surface area contributed by atoms with E-state index in [1.165, 1.54) is 12.3 Å². The Morgan fingerprint density at radius 2 is 1.54 bits per heavy atom. The zero-order chi connectivity index (χ0) is 48.1. The van der Waals surface area contributed by atoms with Gasteiger partial charge in [0, 0.05) is 95.2 Å². The Balaban J connectivity index is 0.944. The maximum atomic E-state index is 14.0. The van der Waals surface area contributed by atoms with Gasteiger partial charge in [0.1, 0.15) is 11.8 Å². The van der Waals surface area contributed by atoms with Gasteiger partial charge in [0.2, 0.25) is 5.91 Å². The zero-order valence-corrected chi connectivity index (χ0v) is 37.8. The van der Waals surface area contributed by atoms with E-state index in [1.807, 2.05) is 30.3 Å². The van der Waals surface area contributed by atoms with Gasteiger partial charge in [-0.3, -0.25) is 48.6 Å². The van der Waals surface area contributed by atoms with Gasteiger partial charge in [0.15, 0.2) is 5.11 Å². The second-order valence-corrected chi connectivity index (χ2v) is 17.3. The fourth-order valence-electron chi connectivity index (χ4n) is 8.57. The number of nitrogens with zero attached hydrogens (tertiary/aromatic N) is 8. The van der Waals surface area contributed by atoms with Crippen molar-refractivity contribution >= 4 is 63.6 Å². The Kier molecular flexibility index (Phi) is 17.7. The van der Waals surface area contributed by atoms with Gasteiger partial charge in [-0.05, 0) is 73.4 Å². The molecule has 5 N–H and O–H groups in total. The molecule has 67 heavy (non-hydrogen) atoms. The number of alkyl halides is 2. The molecule has 22 heteroatoms. The first-order valence-electron chi connectivity index (χ1n) is 22.1. The summed E-state index contributed by atoms with van der Waals surface area (Å²) in [4.78, 5) is 75.8. The van der Waals surface area contributed by atoms with E-state index in [0.717, 1.165) is 42.2 Å². The number of hydrogen-bond donors (Lipinski definition) is 5. The number of aliphatic carboxylic acids is 3. The number of aromatic nitrogens is 1. The molecule has 2 amide bonds. The molecular formula is C45H56F2N10O9S. The summed E-state index contributed by atoms with van der Waals surface area (Å²) in [5.74, 6) is -6.99. The van der Waals surface area contributed by atoms with Crippen LogP contribution in [0.2, 0.25) is 0 Å². The molecule has 0 radical (unpaired) electrons. The smallest absolute Gasteiger partial charge is 0.317 e. The van der Waals surface area contributed by atoms with Crippen molar-refractivity contribution in [1.82, 2.24) is 39.7 Å². The highest BCUT2D eigenvalue weighted by Crippen LogP contribution is 2.30. The normalized spacial score (nSPS) is 19.9. The van der Waals surface area contributed by atoms with E-state index in [9.17, 15) is 53.3 Å². The summed E-state index contributed by atoms with van der Waals surface area (Å²) in [5, 5.41) is 44.9. The number of amides is 2. The molecular weight excluding hydrogens is 895 g/mol. The van der Waals surface area contributed by atoms with E-state index in [4.69, 9.17) is 17.0 Å². The second kappa shape index (κ2) is 23.6. The Bertz CT molecular complexity index is 2300. The molecule has 0 saturated carbocycles. The van der Waals surface area contributed by atoms with Gasteiger partial charge in [-0.15, -0.1) is 0 Å².